The third kappa shape index (κ3) is 4.94. The minimum absolute atomic E-state index is 0.0662. The van der Waals surface area contributed by atoms with Crippen molar-refractivity contribution in [3.05, 3.63) is 167 Å². The Hall–Kier alpha value is -5.52. The molecule has 0 N–H and O–H groups in total. The van der Waals surface area contributed by atoms with Gasteiger partial charge in [-0.2, -0.15) is 0 Å². The van der Waals surface area contributed by atoms with E-state index in [9.17, 15) is 0 Å². The molecule has 0 saturated heterocycles. The first kappa shape index (κ1) is 31.2. The number of nitrogens with zero attached hydrogens (tertiary/aromatic N) is 4. The molecule has 1 aliphatic heterocycles. The smallest absolute Gasteiger partial charge is 0.155 e. The van der Waals surface area contributed by atoms with Gasteiger partial charge < -0.3 is 9.13 Å². The molecule has 0 fully saturated rings. The lowest BCUT2D eigenvalue weighted by atomic mass is 9.80. The van der Waals surface area contributed by atoms with E-state index in [1.54, 1.807) is 11.3 Å². The van der Waals surface area contributed by atoms with Crippen LogP contribution in [0.25, 0.3) is 43.4 Å². The molecular weight excluding hydrogens is 653 g/mol. The third-order valence-corrected chi connectivity index (χ3v) is 12.6. The van der Waals surface area contributed by atoms with Crippen molar-refractivity contribution < 1.29 is 0 Å². The molecule has 10 rings (SSSR count). The Morgan fingerprint density at radius 3 is 1.98 bits per heavy atom. The van der Waals surface area contributed by atoms with Gasteiger partial charge in [0.1, 0.15) is 4.83 Å². The first-order valence-electron chi connectivity index (χ1n) is 18.5. The number of para-hydroxylation sites is 2. The number of rotatable bonds is 5. The molecule has 0 amide bonds. The summed E-state index contributed by atoms with van der Waals surface area (Å²) in [5.41, 5.74) is 12.3. The number of hydrogen-bond acceptors (Lipinski definition) is 3. The number of fused-ring (bicyclic) bond motifs is 6. The van der Waals surface area contributed by atoms with Crippen molar-refractivity contribution in [3.63, 3.8) is 0 Å². The average molecular weight is 693 g/mol. The molecule has 5 aromatic carbocycles. The highest BCUT2D eigenvalue weighted by molar-refractivity contribution is 7.17. The van der Waals surface area contributed by atoms with E-state index in [4.69, 9.17) is 9.98 Å². The summed E-state index contributed by atoms with van der Waals surface area (Å²) in [7, 11) is 0. The van der Waals surface area contributed by atoms with E-state index < -0.39 is 0 Å². The van der Waals surface area contributed by atoms with Gasteiger partial charge >= 0.3 is 0 Å². The maximum Gasteiger partial charge on any atom is 0.155 e. The molecule has 0 radical (unpaired) electrons. The lowest BCUT2D eigenvalue weighted by molar-refractivity contribution is 0.357. The number of benzene rings is 5. The highest BCUT2D eigenvalue weighted by Gasteiger charge is 2.31. The molecule has 2 aliphatic rings. The van der Waals surface area contributed by atoms with Gasteiger partial charge in [0.05, 0.1) is 22.8 Å². The zero-order valence-electron chi connectivity index (χ0n) is 29.7. The molecule has 4 nitrogen and oxygen atoms in total. The van der Waals surface area contributed by atoms with Crippen molar-refractivity contribution in [1.82, 2.24) is 9.13 Å². The van der Waals surface area contributed by atoms with Crippen LogP contribution >= 0.6 is 11.3 Å². The minimum atomic E-state index is -0.0662. The molecular formula is C47H40N4S. The summed E-state index contributed by atoms with van der Waals surface area (Å²) in [6.45, 7) is 7.07. The molecule has 4 unspecified atom stereocenters. The van der Waals surface area contributed by atoms with E-state index in [0.29, 0.717) is 11.8 Å². The Morgan fingerprint density at radius 1 is 0.577 bits per heavy atom. The molecule has 0 spiro atoms. The van der Waals surface area contributed by atoms with Crippen LogP contribution in [0.15, 0.2) is 149 Å². The zero-order chi connectivity index (χ0) is 34.9. The summed E-state index contributed by atoms with van der Waals surface area (Å²) in [6.07, 6.45) is 2.23. The molecule has 4 heterocycles. The van der Waals surface area contributed by atoms with Gasteiger partial charge in [-0.1, -0.05) is 99.6 Å². The SMILES string of the molecule is CC1Cc2c(n(-c3ccc(C4=NC(c5ccc(-n6c7ccccc7c7ccsc76)cc5)C(C)C(c5ccccc5)=N4)cc3)c3ccccc23)CC1C. The topological polar surface area (TPSA) is 34.6 Å². The second-order valence-corrected chi connectivity index (χ2v) is 15.7. The number of amidine groups is 1. The fourth-order valence-electron chi connectivity index (χ4n) is 8.72. The summed E-state index contributed by atoms with van der Waals surface area (Å²) in [5, 5.41) is 6.18. The van der Waals surface area contributed by atoms with Crippen LogP contribution in [0.4, 0.5) is 0 Å². The maximum atomic E-state index is 5.41. The second-order valence-electron chi connectivity index (χ2n) is 14.8. The van der Waals surface area contributed by atoms with E-state index in [1.165, 1.54) is 60.2 Å². The predicted octanol–water partition coefficient (Wildman–Crippen LogP) is 11.8. The van der Waals surface area contributed by atoms with Gasteiger partial charge in [-0.15, -0.1) is 11.3 Å². The van der Waals surface area contributed by atoms with E-state index in [2.05, 4.69) is 169 Å². The Labute approximate surface area is 308 Å². The minimum Gasteiger partial charge on any atom is -0.313 e. The lowest BCUT2D eigenvalue weighted by Crippen LogP contribution is -2.26. The summed E-state index contributed by atoms with van der Waals surface area (Å²) >= 11 is 1.79. The van der Waals surface area contributed by atoms with Gasteiger partial charge in [-0.25, -0.2) is 4.99 Å². The summed E-state index contributed by atoms with van der Waals surface area (Å²) in [5.74, 6) is 2.24. The third-order valence-electron chi connectivity index (χ3n) is 11.7. The fraction of sp³-hybridized carbons (Fsp3) is 0.191. The predicted molar refractivity (Wildman–Crippen MR) is 219 cm³/mol. The van der Waals surface area contributed by atoms with Crippen molar-refractivity contribution in [2.75, 3.05) is 0 Å². The van der Waals surface area contributed by atoms with Crippen LogP contribution in [0.2, 0.25) is 0 Å². The zero-order valence-corrected chi connectivity index (χ0v) is 30.5. The van der Waals surface area contributed by atoms with E-state index in [1.807, 2.05) is 0 Å². The number of aromatic nitrogens is 2. The molecule has 8 aromatic rings. The molecule has 52 heavy (non-hydrogen) atoms. The Bertz CT molecular complexity index is 2670. The molecule has 4 atom stereocenters. The van der Waals surface area contributed by atoms with Crippen LogP contribution in [-0.2, 0) is 12.8 Å². The molecule has 1 aliphatic carbocycles. The van der Waals surface area contributed by atoms with Crippen LogP contribution in [0.5, 0.6) is 0 Å². The summed E-state index contributed by atoms with van der Waals surface area (Å²) in [4.78, 5) is 12.0. The highest BCUT2D eigenvalue weighted by atomic mass is 32.1. The van der Waals surface area contributed by atoms with Crippen molar-refractivity contribution in [2.24, 2.45) is 27.7 Å². The molecule has 0 bridgehead atoms. The summed E-state index contributed by atoms with van der Waals surface area (Å²) < 4.78 is 4.89. The van der Waals surface area contributed by atoms with Crippen LogP contribution in [0.1, 0.15) is 54.8 Å². The molecule has 5 heteroatoms. The van der Waals surface area contributed by atoms with Crippen LogP contribution in [-0.4, -0.2) is 20.7 Å². The number of aliphatic imine (C=N–C) groups is 2. The normalized spacial score (nSPS) is 20.3. The van der Waals surface area contributed by atoms with Crippen molar-refractivity contribution in [3.8, 4) is 11.4 Å². The molecule has 0 saturated carbocycles. The van der Waals surface area contributed by atoms with E-state index in [-0.39, 0.29) is 12.0 Å². The standard InChI is InChI=1S/C47H40N4S/c1-29-27-40-38-14-8-9-15-41(38)50(43(40)28-30(29)2)35-23-19-34(20-24-35)46-48-44(32-11-5-4-6-12-32)31(3)45(49-46)33-17-21-36(22-18-33)51-42-16-10-7-13-37(42)39-25-26-52-47(39)51/h4-26,29-31,45H,27-28H2,1-3H3. The monoisotopic (exact) mass is 692 g/mol. The Kier molecular flexibility index (Phi) is 7.40. The van der Waals surface area contributed by atoms with Gasteiger partial charge in [-0.05, 0) is 101 Å². The molecule has 254 valence electrons. The van der Waals surface area contributed by atoms with Crippen LogP contribution in [0.3, 0.4) is 0 Å². The number of hydrogen-bond donors (Lipinski definition) is 0. The largest absolute Gasteiger partial charge is 0.313 e. The van der Waals surface area contributed by atoms with E-state index >= 15 is 0 Å². The van der Waals surface area contributed by atoms with Gasteiger partial charge in [0.15, 0.2) is 5.84 Å². The van der Waals surface area contributed by atoms with E-state index in [0.717, 1.165) is 35.5 Å². The molecule has 3 aromatic heterocycles. The van der Waals surface area contributed by atoms with Crippen molar-refractivity contribution >= 4 is 54.9 Å². The van der Waals surface area contributed by atoms with Gasteiger partial charge in [-0.3, -0.25) is 4.99 Å². The van der Waals surface area contributed by atoms with Gasteiger partial charge in [0, 0.05) is 44.7 Å². The van der Waals surface area contributed by atoms with Crippen LogP contribution in [0, 0.1) is 17.8 Å². The Balaban J connectivity index is 1.04. The summed E-state index contributed by atoms with van der Waals surface area (Å²) in [6, 6.07) is 48.4. The van der Waals surface area contributed by atoms with Crippen molar-refractivity contribution in [2.45, 2.75) is 39.7 Å². The maximum absolute atomic E-state index is 5.41. The lowest BCUT2D eigenvalue weighted by Gasteiger charge is -2.28. The quantitative estimate of drug-likeness (QED) is 0.172. The first-order chi connectivity index (χ1) is 25.5. The van der Waals surface area contributed by atoms with Gasteiger partial charge in [0.2, 0.25) is 0 Å². The number of thiophene rings is 1. The second kappa shape index (κ2) is 12.3. The van der Waals surface area contributed by atoms with Gasteiger partial charge in [0.25, 0.3) is 0 Å². The first-order valence-corrected chi connectivity index (χ1v) is 19.4. The van der Waals surface area contributed by atoms with Crippen molar-refractivity contribution in [1.29, 1.82) is 0 Å². The Morgan fingerprint density at radius 2 is 1.21 bits per heavy atom. The highest BCUT2D eigenvalue weighted by Crippen LogP contribution is 2.40. The average Bonchev–Trinajstić information content (AvgIpc) is 3.87. The fourth-order valence-corrected chi connectivity index (χ4v) is 9.67. The van der Waals surface area contributed by atoms with Crippen LogP contribution < -0.4 is 0 Å².